The van der Waals surface area contributed by atoms with Gasteiger partial charge in [0.2, 0.25) is 0 Å². The fraction of sp³-hybridized carbons (Fsp3) is 0.250. The summed E-state index contributed by atoms with van der Waals surface area (Å²) in [5, 5.41) is 10.5. The second kappa shape index (κ2) is 9.61. The standard InChI is InChI=1S/C24H25NO3S/c1-4-6-22-23(10-9-21(17(3)26)24(22)27)28-15-18-7-5-8-19(12-18)29-20-11-16(2)13-25-14-20/h5,7-14,27H,4,6,15H2,1-3H3. The quantitative estimate of drug-likeness (QED) is 0.465. The van der Waals surface area contributed by atoms with Crippen LogP contribution in [0, 0.1) is 6.92 Å². The van der Waals surface area contributed by atoms with Crippen molar-refractivity contribution >= 4 is 17.5 Å². The first kappa shape index (κ1) is 20.9. The molecule has 5 heteroatoms. The van der Waals surface area contributed by atoms with E-state index in [0.29, 0.717) is 29.9 Å². The number of Topliss-reactive ketones (excluding diaryl/α,β-unsaturated/α-hetero) is 1. The van der Waals surface area contributed by atoms with E-state index >= 15 is 0 Å². The van der Waals surface area contributed by atoms with Crippen LogP contribution in [0.3, 0.4) is 0 Å². The van der Waals surface area contributed by atoms with Crippen molar-refractivity contribution in [1.82, 2.24) is 4.98 Å². The van der Waals surface area contributed by atoms with Crippen LogP contribution in [-0.4, -0.2) is 15.9 Å². The molecule has 0 unspecified atom stereocenters. The summed E-state index contributed by atoms with van der Waals surface area (Å²) in [6.45, 7) is 5.90. The van der Waals surface area contributed by atoms with Gasteiger partial charge in [-0.3, -0.25) is 9.78 Å². The lowest BCUT2D eigenvalue weighted by molar-refractivity contribution is 0.101. The summed E-state index contributed by atoms with van der Waals surface area (Å²) in [6.07, 6.45) is 5.20. The number of benzene rings is 2. The van der Waals surface area contributed by atoms with Gasteiger partial charge in [0.15, 0.2) is 5.78 Å². The van der Waals surface area contributed by atoms with Crippen molar-refractivity contribution in [3.63, 3.8) is 0 Å². The number of phenols is 1. The molecule has 4 nitrogen and oxygen atoms in total. The van der Waals surface area contributed by atoms with E-state index in [1.54, 1.807) is 23.9 Å². The summed E-state index contributed by atoms with van der Waals surface area (Å²) in [7, 11) is 0. The zero-order valence-corrected chi connectivity index (χ0v) is 17.8. The van der Waals surface area contributed by atoms with Gasteiger partial charge in [-0.05, 0) is 61.7 Å². The molecule has 0 spiro atoms. The van der Waals surface area contributed by atoms with Gasteiger partial charge in [0, 0.05) is 27.7 Å². The first-order chi connectivity index (χ1) is 14.0. The number of ether oxygens (including phenoxy) is 1. The lowest BCUT2D eigenvalue weighted by Crippen LogP contribution is -2.02. The Labute approximate surface area is 176 Å². The van der Waals surface area contributed by atoms with Crippen molar-refractivity contribution in [3.8, 4) is 11.5 Å². The molecular formula is C24H25NO3S. The van der Waals surface area contributed by atoms with Crippen molar-refractivity contribution in [3.05, 3.63) is 77.1 Å². The Morgan fingerprint density at radius 1 is 1.14 bits per heavy atom. The maximum Gasteiger partial charge on any atom is 0.163 e. The van der Waals surface area contributed by atoms with Crippen LogP contribution in [0.25, 0.3) is 0 Å². The van der Waals surface area contributed by atoms with Crippen molar-refractivity contribution in [2.24, 2.45) is 0 Å². The Morgan fingerprint density at radius 3 is 2.69 bits per heavy atom. The fourth-order valence-electron chi connectivity index (χ4n) is 3.11. The molecule has 1 heterocycles. The van der Waals surface area contributed by atoms with Crippen LogP contribution in [0.4, 0.5) is 0 Å². The van der Waals surface area contributed by atoms with E-state index in [0.717, 1.165) is 27.3 Å². The second-order valence-electron chi connectivity index (χ2n) is 6.98. The van der Waals surface area contributed by atoms with Crippen molar-refractivity contribution in [2.45, 2.75) is 50.0 Å². The number of aryl methyl sites for hydroxylation is 1. The summed E-state index contributed by atoms with van der Waals surface area (Å²) in [6, 6.07) is 13.7. The van der Waals surface area contributed by atoms with Gasteiger partial charge in [0.05, 0.1) is 5.56 Å². The van der Waals surface area contributed by atoms with E-state index in [2.05, 4.69) is 23.2 Å². The van der Waals surface area contributed by atoms with Crippen LogP contribution in [0.1, 0.15) is 47.3 Å². The van der Waals surface area contributed by atoms with E-state index in [-0.39, 0.29) is 11.5 Å². The van der Waals surface area contributed by atoms with Gasteiger partial charge in [-0.25, -0.2) is 0 Å². The van der Waals surface area contributed by atoms with Gasteiger partial charge in [-0.2, -0.15) is 0 Å². The smallest absolute Gasteiger partial charge is 0.163 e. The van der Waals surface area contributed by atoms with E-state index < -0.39 is 0 Å². The summed E-state index contributed by atoms with van der Waals surface area (Å²) in [4.78, 5) is 18.2. The van der Waals surface area contributed by atoms with Crippen LogP contribution in [-0.2, 0) is 13.0 Å². The Bertz CT molecular complexity index is 1020. The zero-order chi connectivity index (χ0) is 20.8. The van der Waals surface area contributed by atoms with Crippen molar-refractivity contribution in [1.29, 1.82) is 0 Å². The fourth-order valence-corrected chi connectivity index (χ4v) is 4.10. The van der Waals surface area contributed by atoms with Gasteiger partial charge in [0.1, 0.15) is 18.1 Å². The number of hydrogen-bond acceptors (Lipinski definition) is 5. The molecule has 1 N–H and O–H groups in total. The van der Waals surface area contributed by atoms with Crippen molar-refractivity contribution in [2.75, 3.05) is 0 Å². The molecule has 150 valence electrons. The van der Waals surface area contributed by atoms with Crippen LogP contribution >= 0.6 is 11.8 Å². The predicted molar refractivity (Wildman–Crippen MR) is 116 cm³/mol. The van der Waals surface area contributed by atoms with Crippen molar-refractivity contribution < 1.29 is 14.6 Å². The lowest BCUT2D eigenvalue weighted by atomic mass is 10.0. The number of hydrogen-bond donors (Lipinski definition) is 1. The maximum atomic E-state index is 11.7. The number of pyridine rings is 1. The molecule has 0 saturated heterocycles. The van der Waals surface area contributed by atoms with Gasteiger partial charge in [0.25, 0.3) is 0 Å². The minimum atomic E-state index is -0.151. The van der Waals surface area contributed by atoms with Gasteiger partial charge in [-0.15, -0.1) is 0 Å². The molecule has 29 heavy (non-hydrogen) atoms. The van der Waals surface area contributed by atoms with Crippen LogP contribution in [0.5, 0.6) is 11.5 Å². The number of nitrogens with zero attached hydrogens (tertiary/aromatic N) is 1. The van der Waals surface area contributed by atoms with E-state index in [9.17, 15) is 9.90 Å². The molecule has 3 aromatic rings. The zero-order valence-electron chi connectivity index (χ0n) is 16.9. The third kappa shape index (κ3) is 5.39. The summed E-state index contributed by atoms with van der Waals surface area (Å²) in [5.74, 6) is 0.505. The van der Waals surface area contributed by atoms with Crippen LogP contribution < -0.4 is 4.74 Å². The summed E-state index contributed by atoms with van der Waals surface area (Å²) >= 11 is 1.66. The molecule has 0 atom stereocenters. The Balaban J connectivity index is 1.76. The average molecular weight is 408 g/mol. The molecule has 0 aliphatic heterocycles. The van der Waals surface area contributed by atoms with Gasteiger partial charge >= 0.3 is 0 Å². The third-order valence-electron chi connectivity index (χ3n) is 4.50. The Morgan fingerprint density at radius 2 is 1.97 bits per heavy atom. The number of phenolic OH excluding ortho intramolecular Hbond substituents is 1. The van der Waals surface area contributed by atoms with E-state index in [1.807, 2.05) is 38.4 Å². The molecule has 0 saturated carbocycles. The maximum absolute atomic E-state index is 11.7. The van der Waals surface area contributed by atoms with Gasteiger partial charge in [-0.1, -0.05) is 37.2 Å². The highest BCUT2D eigenvalue weighted by Gasteiger charge is 2.16. The molecule has 0 aliphatic rings. The van der Waals surface area contributed by atoms with Crippen LogP contribution in [0.2, 0.25) is 0 Å². The number of rotatable bonds is 8. The number of aromatic hydroxyl groups is 1. The Kier molecular flexibility index (Phi) is 6.94. The number of carbonyl (C=O) groups excluding carboxylic acids is 1. The molecule has 2 aromatic carbocycles. The SMILES string of the molecule is CCCc1c(OCc2cccc(Sc3cncc(C)c3)c2)ccc(C(C)=O)c1O. The Hall–Kier alpha value is -2.79. The topological polar surface area (TPSA) is 59.4 Å². The minimum Gasteiger partial charge on any atom is -0.507 e. The molecule has 0 aliphatic carbocycles. The molecule has 0 amide bonds. The first-order valence-electron chi connectivity index (χ1n) is 9.65. The highest BCUT2D eigenvalue weighted by atomic mass is 32.2. The van der Waals surface area contributed by atoms with E-state index in [1.165, 1.54) is 6.92 Å². The second-order valence-corrected chi connectivity index (χ2v) is 8.13. The highest BCUT2D eigenvalue weighted by Crippen LogP contribution is 2.34. The molecule has 1 aromatic heterocycles. The summed E-state index contributed by atoms with van der Waals surface area (Å²) < 4.78 is 6.02. The molecular weight excluding hydrogens is 382 g/mol. The molecule has 3 rings (SSSR count). The number of aromatic nitrogens is 1. The molecule has 0 bridgehead atoms. The molecule has 0 radical (unpaired) electrons. The van der Waals surface area contributed by atoms with Crippen LogP contribution in [0.15, 0.2) is 64.6 Å². The first-order valence-corrected chi connectivity index (χ1v) is 10.5. The van der Waals surface area contributed by atoms with Gasteiger partial charge < -0.3 is 9.84 Å². The monoisotopic (exact) mass is 407 g/mol. The summed E-state index contributed by atoms with van der Waals surface area (Å²) in [5.41, 5.74) is 3.20. The molecule has 0 fully saturated rings. The van der Waals surface area contributed by atoms with E-state index in [4.69, 9.17) is 4.74 Å². The number of carbonyl (C=O) groups is 1. The largest absolute Gasteiger partial charge is 0.507 e. The average Bonchev–Trinajstić information content (AvgIpc) is 2.68. The normalized spacial score (nSPS) is 10.7. The predicted octanol–water partition coefficient (Wildman–Crippen LogP) is 5.98. The minimum absolute atomic E-state index is 0.0353. The third-order valence-corrected chi connectivity index (χ3v) is 5.45. The lowest BCUT2D eigenvalue weighted by Gasteiger charge is -2.15. The highest BCUT2D eigenvalue weighted by molar-refractivity contribution is 7.99. The number of ketones is 1.